The minimum Gasteiger partial charge on any atom is -0.495 e. The Bertz CT molecular complexity index is 1230. The standard InChI is InChI=1S/C25H24F3N3O3/c1-15-12-30(14-29-15)21-6-5-16(9-23(21)34-2)8-17-4-3-7-31(25(17)33)22(13-32)18-10-19(26)24(28)20(27)11-18/h5-6,8-12,14,22,32H,3-4,7,13H2,1-2H3/t22-/m0/s1. The molecule has 0 unspecified atom stereocenters. The van der Waals surface area contributed by atoms with Gasteiger partial charge in [0, 0.05) is 18.3 Å². The second-order valence-corrected chi connectivity index (χ2v) is 8.12. The number of ether oxygens (including phenoxy) is 1. The molecule has 4 rings (SSSR count). The number of aliphatic hydroxyl groups excluding tert-OH is 1. The summed E-state index contributed by atoms with van der Waals surface area (Å²) in [4.78, 5) is 18.8. The van der Waals surface area contributed by atoms with E-state index in [1.165, 1.54) is 4.90 Å². The van der Waals surface area contributed by atoms with Gasteiger partial charge >= 0.3 is 0 Å². The van der Waals surface area contributed by atoms with Crippen molar-refractivity contribution in [3.8, 4) is 11.4 Å². The summed E-state index contributed by atoms with van der Waals surface area (Å²) in [6.45, 7) is 1.62. The van der Waals surface area contributed by atoms with Gasteiger partial charge in [0.15, 0.2) is 17.5 Å². The van der Waals surface area contributed by atoms with Crippen molar-refractivity contribution < 1.29 is 27.8 Å². The van der Waals surface area contributed by atoms with Gasteiger partial charge in [0.1, 0.15) is 5.75 Å². The van der Waals surface area contributed by atoms with Crippen molar-refractivity contribution >= 4 is 12.0 Å². The molecule has 1 aromatic heterocycles. The van der Waals surface area contributed by atoms with E-state index in [4.69, 9.17) is 4.74 Å². The van der Waals surface area contributed by atoms with Crippen LogP contribution in [0.3, 0.4) is 0 Å². The van der Waals surface area contributed by atoms with E-state index in [1.54, 1.807) is 25.6 Å². The average molecular weight is 471 g/mol. The highest BCUT2D eigenvalue weighted by atomic mass is 19.2. The third kappa shape index (κ3) is 4.56. The zero-order valence-electron chi connectivity index (χ0n) is 18.8. The van der Waals surface area contributed by atoms with Gasteiger partial charge < -0.3 is 19.3 Å². The first-order valence-corrected chi connectivity index (χ1v) is 10.8. The highest BCUT2D eigenvalue weighted by molar-refractivity contribution is 5.98. The Morgan fingerprint density at radius 2 is 1.94 bits per heavy atom. The molecule has 1 aliphatic rings. The van der Waals surface area contributed by atoms with Crippen LogP contribution in [0.4, 0.5) is 13.2 Å². The van der Waals surface area contributed by atoms with Crippen LogP contribution >= 0.6 is 0 Å². The number of hydrogen-bond donors (Lipinski definition) is 1. The van der Waals surface area contributed by atoms with Crippen LogP contribution in [0.15, 0.2) is 48.4 Å². The summed E-state index contributed by atoms with van der Waals surface area (Å²) in [6.07, 6.45) is 6.40. The lowest BCUT2D eigenvalue weighted by Crippen LogP contribution is -2.41. The van der Waals surface area contributed by atoms with Gasteiger partial charge in [-0.3, -0.25) is 4.79 Å². The second-order valence-electron chi connectivity index (χ2n) is 8.12. The van der Waals surface area contributed by atoms with E-state index in [9.17, 15) is 23.1 Å². The second kappa shape index (κ2) is 9.72. The van der Waals surface area contributed by atoms with Gasteiger partial charge in [0.25, 0.3) is 0 Å². The highest BCUT2D eigenvalue weighted by Gasteiger charge is 2.31. The fourth-order valence-corrected chi connectivity index (χ4v) is 4.17. The summed E-state index contributed by atoms with van der Waals surface area (Å²) in [5.41, 5.74) is 2.88. The van der Waals surface area contributed by atoms with Crippen LogP contribution in [0.2, 0.25) is 0 Å². The molecule has 2 heterocycles. The number of halogens is 3. The number of piperidine rings is 1. The number of nitrogens with zero attached hydrogens (tertiary/aromatic N) is 3. The van der Waals surface area contributed by atoms with E-state index in [0.717, 1.165) is 29.1 Å². The number of amides is 1. The summed E-state index contributed by atoms with van der Waals surface area (Å²) in [6, 6.07) is 6.14. The van der Waals surface area contributed by atoms with Crippen molar-refractivity contribution in [2.24, 2.45) is 0 Å². The molecular weight excluding hydrogens is 447 g/mol. The van der Waals surface area contributed by atoms with Crippen LogP contribution in [0, 0.1) is 24.4 Å². The quantitative estimate of drug-likeness (QED) is 0.429. The normalized spacial score (nSPS) is 16.2. The molecule has 9 heteroatoms. The van der Waals surface area contributed by atoms with E-state index >= 15 is 0 Å². The highest BCUT2D eigenvalue weighted by Crippen LogP contribution is 2.31. The summed E-state index contributed by atoms with van der Waals surface area (Å²) in [5.74, 6) is -4.08. The average Bonchev–Trinajstić information content (AvgIpc) is 3.26. The number of aromatic nitrogens is 2. The number of imidazole rings is 1. The van der Waals surface area contributed by atoms with E-state index < -0.39 is 30.1 Å². The molecule has 1 fully saturated rings. The molecule has 178 valence electrons. The topological polar surface area (TPSA) is 67.6 Å². The first kappa shape index (κ1) is 23.6. The molecule has 1 amide bonds. The van der Waals surface area contributed by atoms with E-state index in [1.807, 2.05) is 29.8 Å². The third-order valence-electron chi connectivity index (χ3n) is 5.86. The minimum absolute atomic E-state index is 0.00449. The van der Waals surface area contributed by atoms with Gasteiger partial charge in [-0.2, -0.15) is 0 Å². The number of benzene rings is 2. The summed E-state index contributed by atoms with van der Waals surface area (Å²) in [7, 11) is 1.56. The van der Waals surface area contributed by atoms with Crippen molar-refractivity contribution in [3.05, 3.63) is 82.7 Å². The van der Waals surface area contributed by atoms with Crippen LogP contribution in [0.5, 0.6) is 5.75 Å². The Morgan fingerprint density at radius 1 is 1.21 bits per heavy atom. The van der Waals surface area contributed by atoms with Crippen LogP contribution < -0.4 is 4.74 Å². The molecule has 1 saturated heterocycles. The van der Waals surface area contributed by atoms with Crippen LogP contribution in [-0.2, 0) is 4.79 Å². The molecule has 0 saturated carbocycles. The largest absolute Gasteiger partial charge is 0.495 e. The van der Waals surface area contributed by atoms with Crippen LogP contribution in [0.25, 0.3) is 11.8 Å². The zero-order chi connectivity index (χ0) is 24.4. The Labute approximate surface area is 194 Å². The van der Waals surface area contributed by atoms with Gasteiger partial charge in [-0.05, 0) is 61.2 Å². The van der Waals surface area contributed by atoms with Crippen LogP contribution in [-0.4, -0.2) is 45.7 Å². The lowest BCUT2D eigenvalue weighted by atomic mass is 9.96. The summed E-state index contributed by atoms with van der Waals surface area (Å²) >= 11 is 0. The predicted octanol–water partition coefficient (Wildman–Crippen LogP) is 4.35. The zero-order valence-corrected chi connectivity index (χ0v) is 18.8. The van der Waals surface area contributed by atoms with E-state index in [0.29, 0.717) is 30.7 Å². The number of aliphatic hydroxyl groups is 1. The molecular formula is C25H24F3N3O3. The number of aryl methyl sites for hydroxylation is 1. The fraction of sp³-hybridized carbons (Fsp3) is 0.280. The van der Waals surface area contributed by atoms with E-state index in [2.05, 4.69) is 4.98 Å². The SMILES string of the molecule is COc1cc(C=C2CCCN([C@@H](CO)c3cc(F)c(F)c(F)c3)C2=O)ccc1-n1cnc(C)c1. The third-order valence-corrected chi connectivity index (χ3v) is 5.86. The maximum Gasteiger partial charge on any atom is 0.250 e. The molecule has 34 heavy (non-hydrogen) atoms. The molecule has 6 nitrogen and oxygen atoms in total. The van der Waals surface area contributed by atoms with Crippen molar-refractivity contribution in [1.29, 1.82) is 0 Å². The predicted molar refractivity (Wildman–Crippen MR) is 120 cm³/mol. The maximum atomic E-state index is 13.8. The number of methoxy groups -OCH3 is 1. The summed E-state index contributed by atoms with van der Waals surface area (Å²) in [5, 5.41) is 9.91. The van der Waals surface area contributed by atoms with Gasteiger partial charge in [-0.1, -0.05) is 6.07 Å². The molecule has 2 aromatic carbocycles. The molecule has 1 N–H and O–H groups in total. The number of carbonyl (C=O) groups excluding carboxylic acids is 1. The first-order chi connectivity index (χ1) is 16.3. The van der Waals surface area contributed by atoms with Crippen molar-refractivity contribution in [3.63, 3.8) is 0 Å². The Balaban J connectivity index is 1.63. The van der Waals surface area contributed by atoms with Gasteiger partial charge in [-0.15, -0.1) is 0 Å². The molecule has 1 atom stereocenters. The Hall–Kier alpha value is -3.59. The molecule has 0 aliphatic carbocycles. The van der Waals surface area contributed by atoms with E-state index in [-0.39, 0.29) is 11.5 Å². The Kier molecular flexibility index (Phi) is 6.74. The van der Waals surface area contributed by atoms with Gasteiger partial charge in [0.2, 0.25) is 5.91 Å². The molecule has 1 aliphatic heterocycles. The lowest BCUT2D eigenvalue weighted by molar-refractivity contribution is -0.132. The van der Waals surface area contributed by atoms with Gasteiger partial charge in [-0.25, -0.2) is 18.2 Å². The molecule has 0 bridgehead atoms. The van der Waals surface area contributed by atoms with Gasteiger partial charge in [0.05, 0.1) is 37.5 Å². The molecule has 0 spiro atoms. The number of rotatable bonds is 6. The number of hydrogen-bond acceptors (Lipinski definition) is 4. The minimum atomic E-state index is -1.59. The number of carbonyl (C=O) groups is 1. The van der Waals surface area contributed by atoms with Crippen LogP contribution in [0.1, 0.15) is 35.7 Å². The maximum absolute atomic E-state index is 13.8. The summed E-state index contributed by atoms with van der Waals surface area (Å²) < 4.78 is 48.3. The Morgan fingerprint density at radius 3 is 2.56 bits per heavy atom. The smallest absolute Gasteiger partial charge is 0.250 e. The first-order valence-electron chi connectivity index (χ1n) is 10.8. The van der Waals surface area contributed by atoms with Crippen molar-refractivity contribution in [1.82, 2.24) is 14.5 Å². The molecule has 0 radical (unpaired) electrons. The van der Waals surface area contributed by atoms with Crippen molar-refractivity contribution in [2.45, 2.75) is 25.8 Å². The molecule has 3 aromatic rings. The lowest BCUT2D eigenvalue weighted by Gasteiger charge is -2.35. The fourth-order valence-electron chi connectivity index (χ4n) is 4.17. The monoisotopic (exact) mass is 471 g/mol. The van der Waals surface area contributed by atoms with Crippen molar-refractivity contribution in [2.75, 3.05) is 20.3 Å². The number of likely N-dealkylation sites (tertiary alicyclic amines) is 1.